The smallest absolute Gasteiger partial charge is 0.336 e. The van der Waals surface area contributed by atoms with Crippen molar-refractivity contribution in [1.82, 2.24) is 0 Å². The summed E-state index contributed by atoms with van der Waals surface area (Å²) in [5.74, 6) is 0.795. The highest BCUT2D eigenvalue weighted by molar-refractivity contribution is 6.16. The van der Waals surface area contributed by atoms with E-state index >= 15 is 0 Å². The van der Waals surface area contributed by atoms with Gasteiger partial charge in [0.25, 0.3) is 0 Å². The van der Waals surface area contributed by atoms with E-state index in [9.17, 15) is 9.90 Å². The number of hydrogen-bond donors (Lipinski definition) is 1. The fourth-order valence-corrected chi connectivity index (χ4v) is 2.97. The Morgan fingerprint density at radius 3 is 2.12 bits per heavy atom. The van der Waals surface area contributed by atoms with Crippen molar-refractivity contribution in [3.8, 4) is 17.2 Å². The fourth-order valence-electron chi connectivity index (χ4n) is 2.97. The van der Waals surface area contributed by atoms with Crippen molar-refractivity contribution < 1.29 is 24.1 Å². The van der Waals surface area contributed by atoms with E-state index in [1.54, 1.807) is 19.2 Å². The Morgan fingerprint density at radius 1 is 0.920 bits per heavy atom. The van der Waals surface area contributed by atoms with Crippen LogP contribution in [0.25, 0.3) is 21.5 Å². The Morgan fingerprint density at radius 2 is 1.56 bits per heavy atom. The maximum absolute atomic E-state index is 11.7. The predicted molar refractivity (Wildman–Crippen MR) is 97.3 cm³/mol. The van der Waals surface area contributed by atoms with E-state index < -0.39 is 5.97 Å². The molecule has 0 aliphatic carbocycles. The quantitative estimate of drug-likeness (QED) is 0.693. The SMILES string of the molecule is COc1cc2c(C(=O)O)cc3ccc(OC(C)C)cc3c2cc1OC. The molecule has 3 rings (SSSR count). The van der Waals surface area contributed by atoms with Crippen LogP contribution in [0.5, 0.6) is 17.2 Å². The highest BCUT2D eigenvalue weighted by Crippen LogP contribution is 2.38. The third kappa shape index (κ3) is 3.05. The number of carbonyl (C=O) groups is 1. The maximum atomic E-state index is 11.7. The first-order valence-corrected chi connectivity index (χ1v) is 7.97. The largest absolute Gasteiger partial charge is 0.493 e. The van der Waals surface area contributed by atoms with Gasteiger partial charge in [0, 0.05) is 5.39 Å². The number of aromatic carboxylic acids is 1. The molecule has 0 fully saturated rings. The summed E-state index contributed by atoms with van der Waals surface area (Å²) in [6.07, 6.45) is 0.0524. The first kappa shape index (κ1) is 16.9. The summed E-state index contributed by atoms with van der Waals surface area (Å²) in [4.78, 5) is 11.7. The number of hydrogen-bond acceptors (Lipinski definition) is 4. The molecule has 0 bridgehead atoms. The molecular weight excluding hydrogens is 320 g/mol. The van der Waals surface area contributed by atoms with Gasteiger partial charge in [0.2, 0.25) is 0 Å². The molecule has 0 unspecified atom stereocenters. The third-order valence-electron chi connectivity index (χ3n) is 4.03. The number of fused-ring (bicyclic) bond motifs is 3. The van der Waals surface area contributed by atoms with Crippen molar-refractivity contribution in [1.29, 1.82) is 0 Å². The molecule has 0 heterocycles. The molecule has 0 saturated heterocycles. The standard InChI is InChI=1S/C20H20O5/c1-11(2)25-13-6-5-12-7-17(20(21)22)16-10-19(24-4)18(23-3)9-15(16)14(12)8-13/h5-11H,1-4H3,(H,21,22). The van der Waals surface area contributed by atoms with Crippen LogP contribution in [0.15, 0.2) is 36.4 Å². The highest BCUT2D eigenvalue weighted by Gasteiger charge is 2.16. The molecule has 130 valence electrons. The molecule has 5 nitrogen and oxygen atoms in total. The molecule has 0 aliphatic rings. The van der Waals surface area contributed by atoms with Gasteiger partial charge in [-0.15, -0.1) is 0 Å². The lowest BCUT2D eigenvalue weighted by molar-refractivity contribution is 0.0699. The first-order chi connectivity index (χ1) is 11.9. The number of benzene rings is 3. The number of methoxy groups -OCH3 is 2. The van der Waals surface area contributed by atoms with E-state index in [1.165, 1.54) is 7.11 Å². The zero-order valence-corrected chi connectivity index (χ0v) is 14.6. The van der Waals surface area contributed by atoms with E-state index in [0.29, 0.717) is 16.9 Å². The van der Waals surface area contributed by atoms with Crippen LogP contribution in [-0.4, -0.2) is 31.4 Å². The second kappa shape index (κ2) is 6.51. The minimum absolute atomic E-state index is 0.0524. The molecular formula is C20H20O5. The lowest BCUT2D eigenvalue weighted by atomic mass is 9.96. The van der Waals surface area contributed by atoms with Gasteiger partial charge >= 0.3 is 5.97 Å². The minimum atomic E-state index is -0.985. The van der Waals surface area contributed by atoms with Crippen LogP contribution in [-0.2, 0) is 0 Å². The van der Waals surface area contributed by atoms with Crippen LogP contribution in [0.3, 0.4) is 0 Å². The lowest BCUT2D eigenvalue weighted by Crippen LogP contribution is -2.05. The van der Waals surface area contributed by atoms with E-state index in [2.05, 4.69) is 0 Å². The summed E-state index contributed by atoms with van der Waals surface area (Å²) in [7, 11) is 3.08. The Labute approximate surface area is 145 Å². The molecule has 0 aliphatic heterocycles. The van der Waals surface area contributed by atoms with Gasteiger partial charge in [0.05, 0.1) is 25.9 Å². The topological polar surface area (TPSA) is 65.0 Å². The van der Waals surface area contributed by atoms with Crippen LogP contribution in [0.4, 0.5) is 0 Å². The summed E-state index contributed by atoms with van der Waals surface area (Å²) in [5.41, 5.74) is 0.223. The van der Waals surface area contributed by atoms with E-state index in [-0.39, 0.29) is 11.7 Å². The van der Waals surface area contributed by atoms with Crippen molar-refractivity contribution >= 4 is 27.5 Å². The van der Waals surface area contributed by atoms with Crippen LogP contribution in [0.1, 0.15) is 24.2 Å². The molecule has 0 amide bonds. The Hall–Kier alpha value is -2.95. The minimum Gasteiger partial charge on any atom is -0.493 e. The molecule has 0 saturated carbocycles. The van der Waals surface area contributed by atoms with E-state index in [1.807, 2.05) is 38.1 Å². The number of rotatable bonds is 5. The maximum Gasteiger partial charge on any atom is 0.336 e. The van der Waals surface area contributed by atoms with E-state index in [0.717, 1.165) is 21.9 Å². The molecule has 0 aromatic heterocycles. The second-order valence-corrected chi connectivity index (χ2v) is 6.03. The zero-order chi connectivity index (χ0) is 18.1. The van der Waals surface area contributed by atoms with Gasteiger partial charge in [-0.2, -0.15) is 0 Å². The monoisotopic (exact) mass is 340 g/mol. The summed E-state index contributed by atoms with van der Waals surface area (Å²) in [5, 5.41) is 12.7. The average molecular weight is 340 g/mol. The third-order valence-corrected chi connectivity index (χ3v) is 4.03. The molecule has 5 heteroatoms. The van der Waals surface area contributed by atoms with Crippen molar-refractivity contribution in [3.63, 3.8) is 0 Å². The molecule has 3 aromatic carbocycles. The van der Waals surface area contributed by atoms with Gasteiger partial charge < -0.3 is 19.3 Å². The van der Waals surface area contributed by atoms with Crippen LogP contribution in [0.2, 0.25) is 0 Å². The molecule has 0 spiro atoms. The normalized spacial score (nSPS) is 11.1. The Kier molecular flexibility index (Phi) is 4.40. The van der Waals surface area contributed by atoms with Crippen molar-refractivity contribution in [3.05, 3.63) is 42.0 Å². The van der Waals surface area contributed by atoms with Crippen LogP contribution >= 0.6 is 0 Å². The van der Waals surface area contributed by atoms with Gasteiger partial charge in [-0.1, -0.05) is 6.07 Å². The molecule has 3 aromatic rings. The van der Waals surface area contributed by atoms with Crippen molar-refractivity contribution in [2.45, 2.75) is 20.0 Å². The summed E-state index contributed by atoms with van der Waals surface area (Å²) >= 11 is 0. The van der Waals surface area contributed by atoms with Crippen LogP contribution in [0, 0.1) is 0 Å². The van der Waals surface area contributed by atoms with Crippen molar-refractivity contribution in [2.75, 3.05) is 14.2 Å². The average Bonchev–Trinajstić information content (AvgIpc) is 2.59. The number of carboxylic acids is 1. The molecule has 25 heavy (non-hydrogen) atoms. The summed E-state index contributed by atoms with van der Waals surface area (Å²) in [6, 6.07) is 10.8. The molecule has 0 radical (unpaired) electrons. The van der Waals surface area contributed by atoms with Crippen LogP contribution < -0.4 is 14.2 Å². The summed E-state index contributed by atoms with van der Waals surface area (Å²) in [6.45, 7) is 3.92. The van der Waals surface area contributed by atoms with Crippen molar-refractivity contribution in [2.24, 2.45) is 0 Å². The van der Waals surface area contributed by atoms with Gasteiger partial charge in [0.15, 0.2) is 11.5 Å². The number of carboxylic acid groups (broad SMARTS) is 1. The first-order valence-electron chi connectivity index (χ1n) is 7.97. The fraction of sp³-hybridized carbons (Fsp3) is 0.250. The van der Waals surface area contributed by atoms with E-state index in [4.69, 9.17) is 14.2 Å². The number of ether oxygens (including phenoxy) is 3. The Bertz CT molecular complexity index is 959. The highest BCUT2D eigenvalue weighted by atomic mass is 16.5. The van der Waals surface area contributed by atoms with Gasteiger partial charge in [-0.05, 0) is 60.3 Å². The Balaban J connectivity index is 2.40. The van der Waals surface area contributed by atoms with Gasteiger partial charge in [-0.25, -0.2) is 4.79 Å². The predicted octanol–water partition coefficient (Wildman–Crippen LogP) is 4.50. The lowest BCUT2D eigenvalue weighted by Gasteiger charge is -2.15. The van der Waals surface area contributed by atoms with Gasteiger partial charge in [-0.3, -0.25) is 0 Å². The van der Waals surface area contributed by atoms with Gasteiger partial charge in [0.1, 0.15) is 5.75 Å². The summed E-state index contributed by atoms with van der Waals surface area (Å²) < 4.78 is 16.5. The molecule has 0 atom stereocenters. The second-order valence-electron chi connectivity index (χ2n) is 6.03. The molecule has 1 N–H and O–H groups in total. The zero-order valence-electron chi connectivity index (χ0n) is 14.6.